The normalized spacial score (nSPS) is 23.4. The third-order valence-electron chi connectivity index (χ3n) is 5.26. The van der Waals surface area contributed by atoms with Crippen molar-refractivity contribution in [3.8, 4) is 0 Å². The van der Waals surface area contributed by atoms with Crippen LogP contribution in [-0.2, 0) is 22.4 Å². The van der Waals surface area contributed by atoms with Gasteiger partial charge >= 0.3 is 0 Å². The average Bonchev–Trinajstić information content (AvgIpc) is 3.06. The number of rotatable bonds is 3. The number of hydrogen-bond acceptors (Lipinski definition) is 6. The summed E-state index contributed by atoms with van der Waals surface area (Å²) < 4.78 is 5.42. The first-order valence-corrected chi connectivity index (χ1v) is 9.93. The summed E-state index contributed by atoms with van der Waals surface area (Å²) in [4.78, 5) is 21.1. The highest BCUT2D eigenvalue weighted by molar-refractivity contribution is 7.15. The molecular weight excluding hydrogens is 395 g/mol. The summed E-state index contributed by atoms with van der Waals surface area (Å²) in [6.07, 6.45) is 4.83. The van der Waals surface area contributed by atoms with Crippen molar-refractivity contribution in [2.24, 2.45) is 5.92 Å². The quantitative estimate of drug-likeness (QED) is 0.776. The summed E-state index contributed by atoms with van der Waals surface area (Å²) in [5.74, 6) is 0.320. The number of thiazole rings is 1. The van der Waals surface area contributed by atoms with Crippen LogP contribution in [0.2, 0.25) is 0 Å². The van der Waals surface area contributed by atoms with Crippen molar-refractivity contribution in [2.75, 3.05) is 44.3 Å². The average molecular weight is 423 g/mol. The minimum Gasteiger partial charge on any atom is -0.378 e. The molecule has 3 aliphatic rings. The van der Waals surface area contributed by atoms with Gasteiger partial charge < -0.3 is 20.3 Å². The minimum atomic E-state index is 0. The molecule has 0 radical (unpaired) electrons. The van der Waals surface area contributed by atoms with Crippen LogP contribution in [0.15, 0.2) is 0 Å². The van der Waals surface area contributed by atoms with Crippen LogP contribution in [-0.4, -0.2) is 56.3 Å². The number of carbonyl (C=O) groups excluding carboxylic acids is 1. The highest BCUT2D eigenvalue weighted by Crippen LogP contribution is 2.34. The molecule has 0 spiro atoms. The van der Waals surface area contributed by atoms with Crippen molar-refractivity contribution in [1.82, 2.24) is 15.6 Å². The van der Waals surface area contributed by atoms with Gasteiger partial charge in [0.1, 0.15) is 0 Å². The highest BCUT2D eigenvalue weighted by Gasteiger charge is 2.30. The second-order valence-corrected chi connectivity index (χ2v) is 8.00. The first kappa shape index (κ1) is 21.7. The number of halogens is 2. The zero-order chi connectivity index (χ0) is 16.4. The number of anilines is 1. The van der Waals surface area contributed by atoms with E-state index in [9.17, 15) is 4.79 Å². The molecule has 148 valence electrons. The number of aryl methyl sites for hydroxylation is 1. The lowest BCUT2D eigenvalue weighted by molar-refractivity contribution is -0.126. The van der Waals surface area contributed by atoms with Gasteiger partial charge in [-0.25, -0.2) is 4.98 Å². The number of nitrogens with zero attached hydrogens (tertiary/aromatic N) is 2. The number of aromatic nitrogens is 1. The lowest BCUT2D eigenvalue weighted by Crippen LogP contribution is -2.45. The predicted octanol–water partition coefficient (Wildman–Crippen LogP) is 1.80. The Labute approximate surface area is 171 Å². The third-order valence-corrected chi connectivity index (χ3v) is 6.48. The second-order valence-electron chi connectivity index (χ2n) is 6.94. The summed E-state index contributed by atoms with van der Waals surface area (Å²) in [7, 11) is 0. The maximum Gasteiger partial charge on any atom is 0.223 e. The molecule has 1 unspecified atom stereocenters. The molecule has 1 aliphatic carbocycles. The molecule has 26 heavy (non-hydrogen) atoms. The van der Waals surface area contributed by atoms with Crippen LogP contribution in [0.5, 0.6) is 0 Å². The molecule has 2 N–H and O–H groups in total. The van der Waals surface area contributed by atoms with Crippen LogP contribution in [0.1, 0.15) is 29.8 Å². The first-order chi connectivity index (χ1) is 11.8. The molecule has 2 saturated heterocycles. The van der Waals surface area contributed by atoms with Crippen molar-refractivity contribution < 1.29 is 9.53 Å². The van der Waals surface area contributed by atoms with Crippen LogP contribution in [0.25, 0.3) is 0 Å². The molecule has 9 heteroatoms. The van der Waals surface area contributed by atoms with Gasteiger partial charge in [0.25, 0.3) is 0 Å². The van der Waals surface area contributed by atoms with Crippen LogP contribution >= 0.6 is 36.2 Å². The molecule has 1 aromatic rings. The summed E-state index contributed by atoms with van der Waals surface area (Å²) in [6.45, 7) is 5.43. The van der Waals surface area contributed by atoms with Gasteiger partial charge in [-0.05, 0) is 38.8 Å². The van der Waals surface area contributed by atoms with Gasteiger partial charge in [-0.15, -0.1) is 36.2 Å². The van der Waals surface area contributed by atoms with E-state index in [0.29, 0.717) is 6.04 Å². The number of nitrogens with one attached hydrogen (secondary N) is 2. The van der Waals surface area contributed by atoms with Crippen LogP contribution < -0.4 is 15.5 Å². The van der Waals surface area contributed by atoms with E-state index in [1.807, 2.05) is 11.3 Å². The Bertz CT molecular complexity index is 589. The molecule has 2 fully saturated rings. The molecule has 4 rings (SSSR count). The smallest absolute Gasteiger partial charge is 0.223 e. The first-order valence-electron chi connectivity index (χ1n) is 9.12. The minimum absolute atomic E-state index is 0. The van der Waals surface area contributed by atoms with E-state index in [1.54, 1.807) is 0 Å². The molecular formula is C17H28Cl2N4O2S. The van der Waals surface area contributed by atoms with Gasteiger partial charge in [0.2, 0.25) is 5.91 Å². The Kier molecular flexibility index (Phi) is 8.41. The van der Waals surface area contributed by atoms with Gasteiger partial charge in [0.05, 0.1) is 18.9 Å². The monoisotopic (exact) mass is 422 g/mol. The molecule has 0 saturated carbocycles. The number of fused-ring (bicyclic) bond motifs is 1. The Morgan fingerprint density at radius 2 is 1.92 bits per heavy atom. The Hall–Kier alpha value is -0.600. The number of piperidine rings is 1. The highest BCUT2D eigenvalue weighted by atomic mass is 35.5. The van der Waals surface area contributed by atoms with E-state index in [4.69, 9.17) is 9.72 Å². The van der Waals surface area contributed by atoms with Crippen LogP contribution in [0, 0.1) is 5.92 Å². The van der Waals surface area contributed by atoms with Crippen molar-refractivity contribution in [2.45, 2.75) is 38.1 Å². The summed E-state index contributed by atoms with van der Waals surface area (Å²) in [6, 6.07) is 0.347. The molecule has 1 atom stereocenters. The predicted molar refractivity (Wildman–Crippen MR) is 109 cm³/mol. The molecule has 0 aromatic carbocycles. The van der Waals surface area contributed by atoms with Crippen molar-refractivity contribution in [1.29, 1.82) is 0 Å². The Morgan fingerprint density at radius 3 is 2.65 bits per heavy atom. The largest absolute Gasteiger partial charge is 0.378 e. The molecule has 0 bridgehead atoms. The zero-order valence-electron chi connectivity index (χ0n) is 14.9. The zero-order valence-corrected chi connectivity index (χ0v) is 17.3. The third kappa shape index (κ3) is 5.01. The molecule has 6 nitrogen and oxygen atoms in total. The summed E-state index contributed by atoms with van der Waals surface area (Å²) >= 11 is 1.81. The fraction of sp³-hybridized carbons (Fsp3) is 0.765. The van der Waals surface area contributed by atoms with Crippen LogP contribution in [0.4, 0.5) is 5.13 Å². The number of morpholine rings is 1. The van der Waals surface area contributed by atoms with E-state index >= 15 is 0 Å². The van der Waals surface area contributed by atoms with Crippen molar-refractivity contribution in [3.05, 3.63) is 10.6 Å². The topological polar surface area (TPSA) is 66.5 Å². The number of ether oxygens (including phenoxy) is 1. The summed E-state index contributed by atoms with van der Waals surface area (Å²) in [5.41, 5.74) is 1.15. The van der Waals surface area contributed by atoms with E-state index < -0.39 is 0 Å². The van der Waals surface area contributed by atoms with E-state index in [-0.39, 0.29) is 36.6 Å². The van der Waals surface area contributed by atoms with E-state index in [2.05, 4.69) is 15.5 Å². The maximum absolute atomic E-state index is 12.6. The van der Waals surface area contributed by atoms with E-state index in [1.165, 1.54) is 4.88 Å². The molecule has 1 aromatic heterocycles. The number of hydrogen-bond donors (Lipinski definition) is 2. The fourth-order valence-corrected chi connectivity index (χ4v) is 4.92. The van der Waals surface area contributed by atoms with Gasteiger partial charge in [-0.2, -0.15) is 0 Å². The lowest BCUT2D eigenvalue weighted by atomic mass is 9.89. The van der Waals surface area contributed by atoms with Crippen LogP contribution in [0.3, 0.4) is 0 Å². The second kappa shape index (κ2) is 10.1. The number of carbonyl (C=O) groups is 1. The van der Waals surface area contributed by atoms with Crippen molar-refractivity contribution in [3.63, 3.8) is 0 Å². The maximum atomic E-state index is 12.6. The van der Waals surface area contributed by atoms with Gasteiger partial charge in [-0.1, -0.05) is 0 Å². The van der Waals surface area contributed by atoms with Crippen molar-refractivity contribution >= 4 is 47.2 Å². The van der Waals surface area contributed by atoms with Gasteiger partial charge in [0, 0.05) is 36.3 Å². The van der Waals surface area contributed by atoms with Gasteiger partial charge in [-0.3, -0.25) is 4.79 Å². The summed E-state index contributed by atoms with van der Waals surface area (Å²) in [5, 5.41) is 7.71. The van der Waals surface area contributed by atoms with Gasteiger partial charge in [0.15, 0.2) is 5.13 Å². The standard InChI is InChI=1S/C17H26N4O2S.2ClH/c22-16(19-13-3-5-18-6-4-13)12-1-2-15-14(11-12)20-17(24-15)21-7-9-23-10-8-21;;/h12-13,18H,1-11H2,(H,19,22);2*1H. The lowest BCUT2D eigenvalue weighted by Gasteiger charge is -2.27. The SMILES string of the molecule is Cl.Cl.O=C(NC1CCNCC1)C1CCc2sc(N3CCOCC3)nc2C1. The Balaban J connectivity index is 0.00000121. The molecule has 1 amide bonds. The molecule has 2 aliphatic heterocycles. The molecule has 3 heterocycles. The number of amides is 1. The Morgan fingerprint density at radius 1 is 1.19 bits per heavy atom. The van der Waals surface area contributed by atoms with E-state index in [0.717, 1.165) is 82.3 Å². The fourth-order valence-electron chi connectivity index (χ4n) is 3.76.